The van der Waals surface area contributed by atoms with Crippen LogP contribution in [0.2, 0.25) is 0 Å². The van der Waals surface area contributed by atoms with Crippen LogP contribution in [0.15, 0.2) is 71.3 Å². The zero-order valence-corrected chi connectivity index (χ0v) is 14.6. The maximum absolute atomic E-state index is 13.0. The molecular weight excluding hydrogens is 345 g/mol. The molecule has 4 aromatic rings. The Morgan fingerprint density at radius 2 is 1.70 bits per heavy atom. The fourth-order valence-corrected chi connectivity index (χ4v) is 2.62. The summed E-state index contributed by atoms with van der Waals surface area (Å²) in [5.41, 5.74) is 2.33. The summed E-state index contributed by atoms with van der Waals surface area (Å²) in [5.74, 6) is 1.06. The first kappa shape index (κ1) is 16.8. The van der Waals surface area contributed by atoms with Crippen molar-refractivity contribution >= 4 is 5.82 Å². The molecule has 0 saturated heterocycles. The van der Waals surface area contributed by atoms with E-state index in [1.54, 1.807) is 18.2 Å². The van der Waals surface area contributed by atoms with Gasteiger partial charge in [-0.1, -0.05) is 35.5 Å². The number of hydrogen-bond acceptors (Lipinski definition) is 6. The summed E-state index contributed by atoms with van der Waals surface area (Å²) in [6, 6.07) is 19.7. The minimum atomic E-state index is -0.316. The molecule has 0 spiro atoms. The minimum absolute atomic E-state index is 0.263. The third-order valence-electron chi connectivity index (χ3n) is 4.05. The van der Waals surface area contributed by atoms with E-state index >= 15 is 0 Å². The van der Waals surface area contributed by atoms with E-state index in [2.05, 4.69) is 32.5 Å². The number of benzene rings is 2. The SMILES string of the molecule is CN(Cc1ccccc1)c1ccc(-c2nc(-c3ccc(F)cc3)no2)nn1. The molecule has 7 heteroatoms. The van der Waals surface area contributed by atoms with Crippen molar-refractivity contribution < 1.29 is 8.91 Å². The summed E-state index contributed by atoms with van der Waals surface area (Å²) in [6.07, 6.45) is 0. The summed E-state index contributed by atoms with van der Waals surface area (Å²) in [4.78, 5) is 6.31. The van der Waals surface area contributed by atoms with Gasteiger partial charge in [0.25, 0.3) is 5.89 Å². The van der Waals surface area contributed by atoms with E-state index in [-0.39, 0.29) is 11.7 Å². The van der Waals surface area contributed by atoms with Gasteiger partial charge >= 0.3 is 0 Å². The molecule has 2 aromatic carbocycles. The van der Waals surface area contributed by atoms with Gasteiger partial charge in [0.1, 0.15) is 5.82 Å². The minimum Gasteiger partial charge on any atom is -0.354 e. The van der Waals surface area contributed by atoms with Crippen molar-refractivity contribution in [3.63, 3.8) is 0 Å². The summed E-state index contributed by atoms with van der Waals surface area (Å²) < 4.78 is 18.3. The summed E-state index contributed by atoms with van der Waals surface area (Å²) in [7, 11) is 1.95. The molecule has 0 fully saturated rings. The lowest BCUT2D eigenvalue weighted by Gasteiger charge is -2.17. The van der Waals surface area contributed by atoms with Crippen LogP contribution in [-0.4, -0.2) is 27.4 Å². The third-order valence-corrected chi connectivity index (χ3v) is 4.05. The summed E-state index contributed by atoms with van der Waals surface area (Å²) in [5, 5.41) is 12.3. The number of nitrogens with zero attached hydrogens (tertiary/aromatic N) is 5. The van der Waals surface area contributed by atoms with Gasteiger partial charge in [-0.2, -0.15) is 4.98 Å². The van der Waals surface area contributed by atoms with Crippen molar-refractivity contribution in [2.24, 2.45) is 0 Å². The Kier molecular flexibility index (Phi) is 4.57. The largest absolute Gasteiger partial charge is 0.354 e. The molecule has 0 aliphatic heterocycles. The van der Waals surface area contributed by atoms with Crippen molar-refractivity contribution in [1.29, 1.82) is 0 Å². The molecule has 0 atom stereocenters. The van der Waals surface area contributed by atoms with Gasteiger partial charge in [-0.05, 0) is 42.0 Å². The van der Waals surface area contributed by atoms with Crippen molar-refractivity contribution in [1.82, 2.24) is 20.3 Å². The van der Waals surface area contributed by atoms with Gasteiger partial charge in [-0.25, -0.2) is 4.39 Å². The lowest BCUT2D eigenvalue weighted by molar-refractivity contribution is 0.430. The Hall–Kier alpha value is -3.61. The molecule has 134 valence electrons. The Bertz CT molecular complexity index is 1020. The molecule has 0 unspecified atom stereocenters. The lowest BCUT2D eigenvalue weighted by Crippen LogP contribution is -2.18. The average molecular weight is 361 g/mol. The normalized spacial score (nSPS) is 10.7. The molecule has 6 nitrogen and oxygen atoms in total. The Morgan fingerprint density at radius 1 is 0.926 bits per heavy atom. The topological polar surface area (TPSA) is 67.9 Å². The highest BCUT2D eigenvalue weighted by Gasteiger charge is 2.13. The molecule has 0 aliphatic rings. The monoisotopic (exact) mass is 361 g/mol. The first-order valence-corrected chi connectivity index (χ1v) is 8.38. The van der Waals surface area contributed by atoms with Crippen LogP contribution in [-0.2, 0) is 6.54 Å². The second kappa shape index (κ2) is 7.33. The zero-order chi connectivity index (χ0) is 18.6. The summed E-state index contributed by atoms with van der Waals surface area (Å²) in [6.45, 7) is 0.726. The molecule has 0 amide bonds. The van der Waals surface area contributed by atoms with Gasteiger partial charge in [-0.15, -0.1) is 10.2 Å². The average Bonchev–Trinajstić information content (AvgIpc) is 3.20. The molecule has 0 radical (unpaired) electrons. The summed E-state index contributed by atoms with van der Waals surface area (Å²) >= 11 is 0. The predicted molar refractivity (Wildman–Crippen MR) is 99.3 cm³/mol. The van der Waals surface area contributed by atoms with Crippen LogP contribution in [0.4, 0.5) is 10.2 Å². The van der Waals surface area contributed by atoms with E-state index in [1.165, 1.54) is 17.7 Å². The van der Waals surface area contributed by atoms with Gasteiger partial charge in [0.15, 0.2) is 11.5 Å². The van der Waals surface area contributed by atoms with E-state index in [9.17, 15) is 4.39 Å². The standard InChI is InChI=1S/C20H16FN5O/c1-26(13-14-5-3-2-4-6-14)18-12-11-17(23-24-18)20-22-19(25-27-20)15-7-9-16(21)10-8-15/h2-12H,13H2,1H3. The highest BCUT2D eigenvalue weighted by Crippen LogP contribution is 2.22. The Labute approximate surface area is 155 Å². The molecular formula is C20H16FN5O. The second-order valence-corrected chi connectivity index (χ2v) is 6.05. The first-order valence-electron chi connectivity index (χ1n) is 8.38. The van der Waals surface area contributed by atoms with Crippen LogP contribution < -0.4 is 4.90 Å². The molecule has 2 heterocycles. The molecule has 0 saturated carbocycles. The highest BCUT2D eigenvalue weighted by atomic mass is 19.1. The molecule has 2 aromatic heterocycles. The smallest absolute Gasteiger partial charge is 0.278 e. The quantitative estimate of drug-likeness (QED) is 0.536. The number of aromatic nitrogens is 4. The van der Waals surface area contributed by atoms with Crippen molar-refractivity contribution in [2.45, 2.75) is 6.54 Å². The van der Waals surface area contributed by atoms with E-state index < -0.39 is 0 Å². The zero-order valence-electron chi connectivity index (χ0n) is 14.6. The van der Waals surface area contributed by atoms with Crippen molar-refractivity contribution in [3.8, 4) is 23.0 Å². The molecule has 4 rings (SSSR count). The Morgan fingerprint density at radius 3 is 2.41 bits per heavy atom. The van der Waals surface area contributed by atoms with E-state index in [0.29, 0.717) is 17.1 Å². The van der Waals surface area contributed by atoms with Crippen LogP contribution in [0.3, 0.4) is 0 Å². The van der Waals surface area contributed by atoms with Crippen LogP contribution in [0.1, 0.15) is 5.56 Å². The number of hydrogen-bond donors (Lipinski definition) is 0. The molecule has 27 heavy (non-hydrogen) atoms. The van der Waals surface area contributed by atoms with Crippen LogP contribution in [0, 0.1) is 5.82 Å². The van der Waals surface area contributed by atoms with E-state index in [0.717, 1.165) is 12.4 Å². The van der Waals surface area contributed by atoms with Crippen molar-refractivity contribution in [2.75, 3.05) is 11.9 Å². The predicted octanol–water partition coefficient (Wildman–Crippen LogP) is 3.97. The van der Waals surface area contributed by atoms with Crippen LogP contribution in [0.25, 0.3) is 23.0 Å². The fraction of sp³-hybridized carbons (Fsp3) is 0.100. The number of rotatable bonds is 5. The molecule has 0 bridgehead atoms. The molecule has 0 aliphatic carbocycles. The maximum Gasteiger partial charge on any atom is 0.278 e. The van der Waals surface area contributed by atoms with Gasteiger partial charge in [-0.3, -0.25) is 0 Å². The number of anilines is 1. The van der Waals surface area contributed by atoms with Crippen LogP contribution in [0.5, 0.6) is 0 Å². The number of halogens is 1. The Balaban J connectivity index is 1.50. The van der Waals surface area contributed by atoms with Gasteiger partial charge in [0.05, 0.1) is 0 Å². The first-order chi connectivity index (χ1) is 13.2. The molecule has 0 N–H and O–H groups in total. The maximum atomic E-state index is 13.0. The van der Waals surface area contributed by atoms with Gasteiger partial charge in [0.2, 0.25) is 5.82 Å². The van der Waals surface area contributed by atoms with Crippen LogP contribution >= 0.6 is 0 Å². The van der Waals surface area contributed by atoms with Crippen molar-refractivity contribution in [3.05, 3.63) is 78.1 Å². The van der Waals surface area contributed by atoms with Gasteiger partial charge in [0, 0.05) is 19.2 Å². The highest BCUT2D eigenvalue weighted by molar-refractivity contribution is 5.58. The third kappa shape index (κ3) is 3.82. The lowest BCUT2D eigenvalue weighted by atomic mass is 10.2. The van der Waals surface area contributed by atoms with Gasteiger partial charge < -0.3 is 9.42 Å². The fourth-order valence-electron chi connectivity index (χ4n) is 2.62. The van der Waals surface area contributed by atoms with E-state index in [4.69, 9.17) is 4.52 Å². The second-order valence-electron chi connectivity index (χ2n) is 6.05. The van der Waals surface area contributed by atoms with E-state index in [1.807, 2.05) is 36.2 Å².